The third-order valence-electron chi connectivity index (χ3n) is 3.27. The normalized spacial score (nSPS) is 15.1. The number of halogens is 1. The number of Topliss-reactive ketones (excluding diaryl/α,β-unsaturated/α-hetero) is 1. The minimum atomic E-state index is -0.343. The van der Waals surface area contributed by atoms with Crippen LogP contribution in [0.15, 0.2) is 24.3 Å². The summed E-state index contributed by atoms with van der Waals surface area (Å²) in [6.07, 6.45) is 3.62. The first kappa shape index (κ1) is 13.2. The van der Waals surface area contributed by atoms with Crippen LogP contribution in [0.4, 0.5) is 4.39 Å². The van der Waals surface area contributed by atoms with Gasteiger partial charge in [-0.15, -0.1) is 0 Å². The highest BCUT2D eigenvalue weighted by molar-refractivity contribution is 5.97. The van der Waals surface area contributed by atoms with Crippen LogP contribution in [-0.4, -0.2) is 30.3 Å². The molecule has 0 N–H and O–H groups in total. The molecule has 1 aromatic carbocycles. The zero-order valence-electron chi connectivity index (χ0n) is 10.9. The largest absolute Gasteiger partial charge is 0.296 e. The highest BCUT2D eigenvalue weighted by Crippen LogP contribution is 2.29. The van der Waals surface area contributed by atoms with Gasteiger partial charge in [0.05, 0.1) is 6.54 Å². The summed E-state index contributed by atoms with van der Waals surface area (Å²) in [5.74, 6) is 0.450. The SMILES string of the molecule is CCCN(CC(=O)c1cccc(F)c1)CC1CC1. The fourth-order valence-electron chi connectivity index (χ4n) is 2.17. The summed E-state index contributed by atoms with van der Waals surface area (Å²) in [4.78, 5) is 14.3. The van der Waals surface area contributed by atoms with Gasteiger partial charge in [0.1, 0.15) is 5.82 Å². The molecule has 0 saturated heterocycles. The molecule has 1 fully saturated rings. The van der Waals surface area contributed by atoms with E-state index in [1.807, 2.05) is 0 Å². The third kappa shape index (κ3) is 3.91. The molecular formula is C15H20FNO. The number of rotatable bonds is 7. The fourth-order valence-corrected chi connectivity index (χ4v) is 2.17. The molecule has 0 heterocycles. The molecule has 0 atom stereocenters. The Balaban J connectivity index is 1.94. The zero-order valence-corrected chi connectivity index (χ0v) is 10.9. The van der Waals surface area contributed by atoms with E-state index in [4.69, 9.17) is 0 Å². The molecule has 1 aliphatic rings. The first-order chi connectivity index (χ1) is 8.69. The quantitative estimate of drug-likeness (QED) is 0.692. The lowest BCUT2D eigenvalue weighted by Gasteiger charge is -2.20. The summed E-state index contributed by atoms with van der Waals surface area (Å²) in [5.41, 5.74) is 0.479. The van der Waals surface area contributed by atoms with Gasteiger partial charge in [-0.2, -0.15) is 0 Å². The molecule has 0 amide bonds. The lowest BCUT2D eigenvalue weighted by atomic mass is 10.1. The van der Waals surface area contributed by atoms with Gasteiger partial charge in [-0.3, -0.25) is 9.69 Å². The van der Waals surface area contributed by atoms with E-state index in [1.165, 1.54) is 25.0 Å². The van der Waals surface area contributed by atoms with Crippen LogP contribution in [0.25, 0.3) is 0 Å². The van der Waals surface area contributed by atoms with Gasteiger partial charge in [0.15, 0.2) is 5.78 Å². The van der Waals surface area contributed by atoms with Crippen LogP contribution in [0.5, 0.6) is 0 Å². The van der Waals surface area contributed by atoms with Gasteiger partial charge >= 0.3 is 0 Å². The Hall–Kier alpha value is -1.22. The van der Waals surface area contributed by atoms with Gasteiger partial charge in [-0.25, -0.2) is 4.39 Å². The average molecular weight is 249 g/mol. The zero-order chi connectivity index (χ0) is 13.0. The molecule has 0 spiro atoms. The fraction of sp³-hybridized carbons (Fsp3) is 0.533. The minimum absolute atomic E-state index is 0.0172. The standard InChI is InChI=1S/C15H20FNO/c1-2-8-17(10-12-6-7-12)11-15(18)13-4-3-5-14(16)9-13/h3-5,9,12H,2,6-8,10-11H2,1H3. The number of carbonyl (C=O) groups is 1. The highest BCUT2D eigenvalue weighted by Gasteiger charge is 2.25. The number of nitrogens with zero attached hydrogens (tertiary/aromatic N) is 1. The maximum Gasteiger partial charge on any atom is 0.176 e. The van der Waals surface area contributed by atoms with Gasteiger partial charge in [-0.05, 0) is 43.9 Å². The molecule has 1 aliphatic carbocycles. The van der Waals surface area contributed by atoms with Crippen LogP contribution in [0, 0.1) is 11.7 Å². The lowest BCUT2D eigenvalue weighted by Crippen LogP contribution is -2.32. The Morgan fingerprint density at radius 2 is 2.22 bits per heavy atom. The van der Waals surface area contributed by atoms with E-state index in [-0.39, 0.29) is 11.6 Å². The van der Waals surface area contributed by atoms with Crippen molar-refractivity contribution in [1.82, 2.24) is 4.90 Å². The van der Waals surface area contributed by atoms with E-state index in [2.05, 4.69) is 11.8 Å². The molecule has 0 aromatic heterocycles. The van der Waals surface area contributed by atoms with Crippen molar-refractivity contribution in [1.29, 1.82) is 0 Å². The molecule has 0 aliphatic heterocycles. The maximum atomic E-state index is 13.1. The molecule has 2 nitrogen and oxygen atoms in total. The van der Waals surface area contributed by atoms with Crippen LogP contribution in [0.2, 0.25) is 0 Å². The second-order valence-corrected chi connectivity index (χ2v) is 5.11. The van der Waals surface area contributed by atoms with Crippen molar-refractivity contribution in [2.24, 2.45) is 5.92 Å². The Kier molecular flexibility index (Phi) is 4.48. The van der Waals surface area contributed by atoms with E-state index in [1.54, 1.807) is 12.1 Å². The summed E-state index contributed by atoms with van der Waals surface area (Å²) in [6, 6.07) is 5.97. The number of carbonyl (C=O) groups excluding carboxylic acids is 1. The Morgan fingerprint density at radius 1 is 1.44 bits per heavy atom. The monoisotopic (exact) mass is 249 g/mol. The summed E-state index contributed by atoms with van der Waals surface area (Å²) in [7, 11) is 0. The molecule has 0 bridgehead atoms. The predicted molar refractivity (Wildman–Crippen MR) is 70.2 cm³/mol. The summed E-state index contributed by atoms with van der Waals surface area (Å²) in [5, 5.41) is 0. The molecule has 98 valence electrons. The van der Waals surface area contributed by atoms with E-state index in [0.717, 1.165) is 25.4 Å². The molecule has 2 rings (SSSR count). The summed E-state index contributed by atoms with van der Waals surface area (Å²) < 4.78 is 13.1. The average Bonchev–Trinajstić information content (AvgIpc) is 3.13. The highest BCUT2D eigenvalue weighted by atomic mass is 19.1. The molecule has 0 unspecified atom stereocenters. The van der Waals surface area contributed by atoms with Crippen molar-refractivity contribution in [2.45, 2.75) is 26.2 Å². The molecule has 0 radical (unpaired) electrons. The maximum absolute atomic E-state index is 13.1. The van der Waals surface area contributed by atoms with Crippen molar-refractivity contribution in [2.75, 3.05) is 19.6 Å². The van der Waals surface area contributed by atoms with Crippen LogP contribution in [0.1, 0.15) is 36.5 Å². The topological polar surface area (TPSA) is 20.3 Å². The van der Waals surface area contributed by atoms with Crippen molar-refractivity contribution in [3.8, 4) is 0 Å². The van der Waals surface area contributed by atoms with Crippen molar-refractivity contribution < 1.29 is 9.18 Å². The molecule has 18 heavy (non-hydrogen) atoms. The van der Waals surface area contributed by atoms with Crippen molar-refractivity contribution >= 4 is 5.78 Å². The molecular weight excluding hydrogens is 229 g/mol. The third-order valence-corrected chi connectivity index (χ3v) is 3.27. The second-order valence-electron chi connectivity index (χ2n) is 5.11. The van der Waals surface area contributed by atoms with Crippen LogP contribution in [-0.2, 0) is 0 Å². The number of ketones is 1. The Labute approximate surface area is 108 Å². The van der Waals surface area contributed by atoms with Crippen LogP contribution < -0.4 is 0 Å². The van der Waals surface area contributed by atoms with E-state index >= 15 is 0 Å². The summed E-state index contributed by atoms with van der Waals surface area (Å²) >= 11 is 0. The first-order valence-corrected chi connectivity index (χ1v) is 6.70. The van der Waals surface area contributed by atoms with Gasteiger partial charge in [-0.1, -0.05) is 19.1 Å². The lowest BCUT2D eigenvalue weighted by molar-refractivity contribution is 0.0927. The number of benzene rings is 1. The van der Waals surface area contributed by atoms with Gasteiger partial charge in [0, 0.05) is 12.1 Å². The van der Waals surface area contributed by atoms with E-state index in [0.29, 0.717) is 12.1 Å². The van der Waals surface area contributed by atoms with Gasteiger partial charge in [0.2, 0.25) is 0 Å². The predicted octanol–water partition coefficient (Wildman–Crippen LogP) is 3.13. The molecule has 1 saturated carbocycles. The Bertz CT molecular complexity index is 415. The van der Waals surface area contributed by atoms with Gasteiger partial charge < -0.3 is 0 Å². The number of hydrogen-bond acceptors (Lipinski definition) is 2. The van der Waals surface area contributed by atoms with Crippen LogP contribution >= 0.6 is 0 Å². The molecule has 1 aromatic rings. The van der Waals surface area contributed by atoms with Crippen molar-refractivity contribution in [3.63, 3.8) is 0 Å². The van der Waals surface area contributed by atoms with Gasteiger partial charge in [0.25, 0.3) is 0 Å². The van der Waals surface area contributed by atoms with E-state index in [9.17, 15) is 9.18 Å². The Morgan fingerprint density at radius 3 is 2.83 bits per heavy atom. The number of hydrogen-bond donors (Lipinski definition) is 0. The smallest absolute Gasteiger partial charge is 0.176 e. The summed E-state index contributed by atoms with van der Waals surface area (Å²) in [6.45, 7) is 4.48. The van der Waals surface area contributed by atoms with Crippen LogP contribution in [0.3, 0.4) is 0 Å². The molecule has 3 heteroatoms. The van der Waals surface area contributed by atoms with E-state index < -0.39 is 0 Å². The van der Waals surface area contributed by atoms with Crippen molar-refractivity contribution in [3.05, 3.63) is 35.6 Å². The second kappa shape index (κ2) is 6.10. The minimum Gasteiger partial charge on any atom is -0.296 e. The first-order valence-electron chi connectivity index (χ1n) is 6.70.